The van der Waals surface area contributed by atoms with Gasteiger partial charge < -0.3 is 18.9 Å². The number of nitro groups is 1. The van der Waals surface area contributed by atoms with E-state index < -0.39 is 22.5 Å². The number of halogens is 2. The molecule has 0 radical (unpaired) electrons. The maximum absolute atomic E-state index is 14.1. The third-order valence-corrected chi connectivity index (χ3v) is 8.36. The Kier molecular flexibility index (Phi) is 10.1. The fraction of sp³-hybridized carbons (Fsp3) is 0.219. The molecule has 4 aromatic rings. The Bertz CT molecular complexity index is 2020. The Labute approximate surface area is 276 Å². The van der Waals surface area contributed by atoms with Crippen LogP contribution in [0.5, 0.6) is 17.2 Å². The Morgan fingerprint density at radius 1 is 1.04 bits per heavy atom. The van der Waals surface area contributed by atoms with Crippen molar-refractivity contribution in [2.75, 3.05) is 20.3 Å². The summed E-state index contributed by atoms with van der Waals surface area (Å²) < 4.78 is 24.3. The monoisotopic (exact) mass is 683 g/mol. The molecule has 0 amide bonds. The highest BCUT2D eigenvalue weighted by Gasteiger charge is 2.31. The van der Waals surface area contributed by atoms with Gasteiger partial charge in [0, 0.05) is 28.9 Å². The number of nitrogens with zero attached hydrogens (tertiary/aromatic N) is 3. The van der Waals surface area contributed by atoms with E-state index in [-0.39, 0.29) is 33.2 Å². The summed E-state index contributed by atoms with van der Waals surface area (Å²) in [6, 6.07) is 13.4. The van der Waals surface area contributed by atoms with Crippen LogP contribution < -0.4 is 29.1 Å². The van der Waals surface area contributed by atoms with Crippen LogP contribution in [0.3, 0.4) is 0 Å². The molecule has 1 aliphatic heterocycles. The molecule has 1 aliphatic rings. The lowest BCUT2D eigenvalue weighted by Gasteiger charge is -2.23. The van der Waals surface area contributed by atoms with Gasteiger partial charge >= 0.3 is 5.97 Å². The second-order valence-corrected chi connectivity index (χ2v) is 11.6. The van der Waals surface area contributed by atoms with Crippen LogP contribution in [0.25, 0.3) is 6.08 Å². The van der Waals surface area contributed by atoms with Crippen molar-refractivity contribution in [2.45, 2.75) is 26.5 Å². The number of hydrogen-bond acceptors (Lipinski definition) is 10. The van der Waals surface area contributed by atoms with Gasteiger partial charge in [0.05, 0.1) is 46.4 Å². The van der Waals surface area contributed by atoms with Crippen molar-refractivity contribution in [2.24, 2.45) is 4.99 Å². The average molecular weight is 685 g/mol. The van der Waals surface area contributed by atoms with Crippen LogP contribution in [0.2, 0.25) is 10.0 Å². The van der Waals surface area contributed by atoms with E-state index in [2.05, 4.69) is 4.99 Å². The number of aromatic nitrogens is 1. The third-order valence-electron chi connectivity index (χ3n) is 6.86. The van der Waals surface area contributed by atoms with Gasteiger partial charge in [0.25, 0.3) is 11.2 Å². The Balaban J connectivity index is 1.60. The van der Waals surface area contributed by atoms with E-state index in [1.54, 1.807) is 42.5 Å². The lowest BCUT2D eigenvalue weighted by atomic mass is 9.97. The minimum absolute atomic E-state index is 0.0441. The first kappa shape index (κ1) is 32.7. The fourth-order valence-corrected chi connectivity index (χ4v) is 6.36. The van der Waals surface area contributed by atoms with E-state index >= 15 is 0 Å². The van der Waals surface area contributed by atoms with Crippen molar-refractivity contribution < 1.29 is 28.7 Å². The molecule has 0 bridgehead atoms. The van der Waals surface area contributed by atoms with Crippen molar-refractivity contribution in [1.29, 1.82) is 0 Å². The Hall–Kier alpha value is -4.65. The SMILES string of the molecule is CCOc1ccc([C@@H]2C(C(=O)OC)=CN=c3s/c(=C/c4cc(Cl)cc(Cl)c4OCc4ccc([N+](=O)[O-])cc4)c(=O)n32)cc1OCC. The molecule has 0 aliphatic carbocycles. The molecular weight excluding hydrogens is 657 g/mol. The molecule has 238 valence electrons. The number of carbonyl (C=O) groups excluding carboxylic acids is 1. The lowest BCUT2D eigenvalue weighted by molar-refractivity contribution is -0.384. The lowest BCUT2D eigenvalue weighted by Crippen LogP contribution is -2.39. The van der Waals surface area contributed by atoms with Crippen LogP contribution in [0, 0.1) is 10.1 Å². The first-order chi connectivity index (χ1) is 22.1. The fourth-order valence-electron chi connectivity index (χ4n) is 4.84. The summed E-state index contributed by atoms with van der Waals surface area (Å²) in [6.07, 6.45) is 2.99. The van der Waals surface area contributed by atoms with Gasteiger partial charge in [0.2, 0.25) is 0 Å². The number of hydrogen-bond donors (Lipinski definition) is 0. The van der Waals surface area contributed by atoms with E-state index in [0.717, 1.165) is 11.3 Å². The van der Waals surface area contributed by atoms with Gasteiger partial charge in [0.1, 0.15) is 12.4 Å². The summed E-state index contributed by atoms with van der Waals surface area (Å²) in [5.41, 5.74) is 1.37. The van der Waals surface area contributed by atoms with Gasteiger partial charge in [-0.25, -0.2) is 9.79 Å². The number of methoxy groups -OCH3 is 1. The van der Waals surface area contributed by atoms with Gasteiger partial charge in [0.15, 0.2) is 16.3 Å². The standard InChI is InChI=1S/C32H27Cl2N3O8S/c1-4-43-25-11-8-19(13-26(25)44-5-2)28-23(31(39)42-3)16-35-32-36(28)30(38)27(46-32)14-20-12-21(33)15-24(34)29(20)45-17-18-6-9-22(10-7-18)37(40)41/h6-16,28H,4-5,17H2,1-3H3/b27-14+/t28-/m1/s1. The Morgan fingerprint density at radius 2 is 1.76 bits per heavy atom. The maximum atomic E-state index is 14.1. The predicted octanol–water partition coefficient (Wildman–Crippen LogP) is 5.61. The zero-order valence-electron chi connectivity index (χ0n) is 24.8. The van der Waals surface area contributed by atoms with Crippen LogP contribution in [0.15, 0.2) is 76.2 Å². The largest absolute Gasteiger partial charge is 0.490 e. The smallest absolute Gasteiger partial charge is 0.337 e. The number of thiazole rings is 1. The zero-order chi connectivity index (χ0) is 33.0. The van der Waals surface area contributed by atoms with E-state index in [1.165, 1.54) is 36.1 Å². The molecule has 0 unspecified atom stereocenters. The molecule has 14 heteroatoms. The van der Waals surface area contributed by atoms with Crippen LogP contribution in [0.1, 0.15) is 36.6 Å². The molecule has 2 heterocycles. The number of esters is 1. The average Bonchev–Trinajstić information content (AvgIpc) is 3.35. The summed E-state index contributed by atoms with van der Waals surface area (Å²) in [7, 11) is 1.26. The Morgan fingerprint density at radius 3 is 2.43 bits per heavy atom. The van der Waals surface area contributed by atoms with E-state index in [1.807, 2.05) is 13.8 Å². The van der Waals surface area contributed by atoms with E-state index in [9.17, 15) is 19.7 Å². The molecule has 3 aromatic carbocycles. The number of fused-ring (bicyclic) bond motifs is 1. The van der Waals surface area contributed by atoms with Crippen LogP contribution in [-0.4, -0.2) is 35.8 Å². The maximum Gasteiger partial charge on any atom is 0.337 e. The minimum Gasteiger partial charge on any atom is -0.490 e. The van der Waals surface area contributed by atoms with Gasteiger partial charge in [-0.2, -0.15) is 0 Å². The van der Waals surface area contributed by atoms with Crippen molar-refractivity contribution in [3.8, 4) is 17.2 Å². The van der Waals surface area contributed by atoms with Crippen LogP contribution in [-0.2, 0) is 16.1 Å². The highest BCUT2D eigenvalue weighted by atomic mass is 35.5. The predicted molar refractivity (Wildman–Crippen MR) is 174 cm³/mol. The molecule has 5 rings (SSSR count). The molecule has 0 saturated carbocycles. The zero-order valence-corrected chi connectivity index (χ0v) is 27.1. The molecule has 1 atom stereocenters. The van der Waals surface area contributed by atoms with E-state index in [0.29, 0.717) is 51.2 Å². The van der Waals surface area contributed by atoms with Crippen molar-refractivity contribution in [1.82, 2.24) is 4.57 Å². The number of rotatable bonds is 11. The number of non-ortho nitro benzene ring substituents is 1. The quantitative estimate of drug-likeness (QED) is 0.113. The van der Waals surface area contributed by atoms with Crippen molar-refractivity contribution in [3.05, 3.63) is 123 Å². The molecule has 0 N–H and O–H groups in total. The van der Waals surface area contributed by atoms with Crippen LogP contribution >= 0.6 is 34.5 Å². The number of nitro benzene ring substituents is 1. The van der Waals surface area contributed by atoms with Gasteiger partial charge in [-0.1, -0.05) is 40.6 Å². The highest BCUT2D eigenvalue weighted by Crippen LogP contribution is 2.36. The molecule has 0 spiro atoms. The molecule has 0 fully saturated rings. The normalized spacial score (nSPS) is 14.2. The van der Waals surface area contributed by atoms with E-state index in [4.69, 9.17) is 42.1 Å². The van der Waals surface area contributed by atoms with Gasteiger partial charge in [-0.3, -0.25) is 19.5 Å². The molecule has 11 nitrogen and oxygen atoms in total. The second kappa shape index (κ2) is 14.2. The molecule has 1 aromatic heterocycles. The third kappa shape index (κ3) is 6.79. The summed E-state index contributed by atoms with van der Waals surface area (Å²) in [5.74, 6) is 0.616. The highest BCUT2D eigenvalue weighted by molar-refractivity contribution is 7.07. The summed E-state index contributed by atoms with van der Waals surface area (Å²) in [4.78, 5) is 42.3. The van der Waals surface area contributed by atoms with Crippen LogP contribution in [0.4, 0.5) is 5.69 Å². The number of carbonyl (C=O) groups is 1. The molecule has 46 heavy (non-hydrogen) atoms. The first-order valence-electron chi connectivity index (χ1n) is 14.0. The van der Waals surface area contributed by atoms with Gasteiger partial charge in [-0.05, 0) is 67.4 Å². The second-order valence-electron chi connectivity index (χ2n) is 9.77. The first-order valence-corrected chi connectivity index (χ1v) is 15.6. The van der Waals surface area contributed by atoms with Gasteiger partial charge in [-0.15, -0.1) is 0 Å². The summed E-state index contributed by atoms with van der Waals surface area (Å²) in [5, 5.41) is 11.5. The summed E-state index contributed by atoms with van der Waals surface area (Å²) in [6.45, 7) is 4.55. The van der Waals surface area contributed by atoms with Crippen molar-refractivity contribution in [3.63, 3.8) is 0 Å². The summed E-state index contributed by atoms with van der Waals surface area (Å²) >= 11 is 14.0. The number of benzene rings is 3. The number of ether oxygens (including phenoxy) is 4. The molecular formula is C32H27Cl2N3O8S. The van der Waals surface area contributed by atoms with Crippen molar-refractivity contribution >= 4 is 52.3 Å². The minimum atomic E-state index is -0.874. The molecule has 0 saturated heterocycles. The topological polar surface area (TPSA) is 131 Å².